The second-order valence-corrected chi connectivity index (χ2v) is 8.49. The molecule has 4 heteroatoms. The Balaban J connectivity index is 0.00000145. The molecule has 0 aliphatic heterocycles. The van der Waals surface area contributed by atoms with Crippen molar-refractivity contribution in [1.29, 1.82) is 0 Å². The first-order chi connectivity index (χ1) is 14.3. The quantitative estimate of drug-likeness (QED) is 0.339. The minimum atomic E-state index is -0.330. The Hall–Kier alpha value is -1.38. The highest BCUT2D eigenvalue weighted by atomic mass is 16.8. The lowest BCUT2D eigenvalue weighted by molar-refractivity contribution is -0.160. The molecule has 1 aromatic rings. The van der Waals surface area contributed by atoms with Gasteiger partial charge in [0.25, 0.3) is 0 Å². The summed E-state index contributed by atoms with van der Waals surface area (Å²) in [4.78, 5) is 0. The lowest BCUT2D eigenvalue weighted by Crippen LogP contribution is -2.24. The summed E-state index contributed by atoms with van der Waals surface area (Å²) in [7, 11) is 0. The molecular weight excluding hydrogens is 364 g/mol. The van der Waals surface area contributed by atoms with E-state index in [9.17, 15) is 0 Å². The molecule has 0 unspecified atom stereocenters. The van der Waals surface area contributed by atoms with E-state index >= 15 is 0 Å². The number of benzene rings is 1. The fourth-order valence-electron chi connectivity index (χ4n) is 4.92. The third-order valence-corrected chi connectivity index (χ3v) is 6.64. The molecule has 0 heterocycles. The molecule has 2 aliphatic carbocycles. The molecule has 1 N–H and O–H groups in total. The molecule has 2 saturated carbocycles. The van der Waals surface area contributed by atoms with Crippen LogP contribution in [0.2, 0.25) is 0 Å². The molecule has 0 spiro atoms. The van der Waals surface area contributed by atoms with Crippen molar-refractivity contribution in [2.45, 2.75) is 70.8 Å². The number of rotatable bonds is 9. The molecule has 29 heavy (non-hydrogen) atoms. The molecule has 2 aliphatic rings. The molecule has 0 aromatic heterocycles. The zero-order chi connectivity index (χ0) is 20.9. The zero-order valence-corrected chi connectivity index (χ0v) is 17.9. The van der Waals surface area contributed by atoms with E-state index in [1.165, 1.54) is 56.9 Å². The van der Waals surface area contributed by atoms with Gasteiger partial charge >= 0.3 is 0 Å². The van der Waals surface area contributed by atoms with Crippen molar-refractivity contribution in [3.63, 3.8) is 0 Å². The minimum absolute atomic E-state index is 0.0536. The molecule has 0 bridgehead atoms. The van der Waals surface area contributed by atoms with Crippen LogP contribution in [0.15, 0.2) is 24.3 Å². The smallest absolute Gasteiger partial charge is 0.152 e. The van der Waals surface area contributed by atoms with Gasteiger partial charge in [0, 0.05) is 0 Å². The maximum Gasteiger partial charge on any atom is 0.152 e. The number of hydrogen-bond acceptors (Lipinski definition) is 4. The highest BCUT2D eigenvalue weighted by Crippen LogP contribution is 2.43. The van der Waals surface area contributed by atoms with Crippen LogP contribution in [-0.4, -0.2) is 25.5 Å². The Morgan fingerprint density at radius 2 is 1.34 bits per heavy atom. The van der Waals surface area contributed by atoms with Gasteiger partial charge in [0.15, 0.2) is 6.79 Å². The van der Waals surface area contributed by atoms with E-state index in [0.717, 1.165) is 29.2 Å². The molecule has 2 fully saturated rings. The van der Waals surface area contributed by atoms with Gasteiger partial charge in [0.05, 0.1) is 6.61 Å². The van der Waals surface area contributed by atoms with E-state index in [-0.39, 0.29) is 20.4 Å². The average Bonchev–Trinajstić information content (AvgIpc) is 2.79. The summed E-state index contributed by atoms with van der Waals surface area (Å²) in [5.74, 6) is 3.68. The fraction of sp³-hybridized carbons (Fsp3) is 0.680. The van der Waals surface area contributed by atoms with Crippen LogP contribution in [0.4, 0.5) is 0 Å². The Morgan fingerprint density at radius 1 is 0.793 bits per heavy atom. The van der Waals surface area contributed by atoms with Gasteiger partial charge in [-0.3, -0.25) is 0 Å². The van der Waals surface area contributed by atoms with Crippen LogP contribution in [0.1, 0.15) is 75.3 Å². The van der Waals surface area contributed by atoms with Crippen LogP contribution in [-0.2, 0) is 20.8 Å². The lowest BCUT2D eigenvalue weighted by Gasteiger charge is -2.37. The van der Waals surface area contributed by atoms with Gasteiger partial charge in [-0.05, 0) is 73.3 Å². The van der Waals surface area contributed by atoms with Crippen LogP contribution in [0.3, 0.4) is 0 Å². The SMILES string of the molecule is C#C.CC1CCC(C2CCC(c3ccc(COCOCOCO)cc3)CC2)CC1. The second-order valence-electron chi connectivity index (χ2n) is 8.49. The number of terminal acetylenes is 1. The molecule has 0 atom stereocenters. The third kappa shape index (κ3) is 8.10. The summed E-state index contributed by atoms with van der Waals surface area (Å²) >= 11 is 0. The van der Waals surface area contributed by atoms with E-state index in [0.29, 0.717) is 6.61 Å². The first-order valence-corrected chi connectivity index (χ1v) is 11.0. The summed E-state index contributed by atoms with van der Waals surface area (Å²) < 4.78 is 15.2. The molecule has 1 aromatic carbocycles. The molecule has 0 saturated heterocycles. The number of ether oxygens (including phenoxy) is 3. The van der Waals surface area contributed by atoms with Gasteiger partial charge in [0.2, 0.25) is 0 Å². The predicted molar refractivity (Wildman–Crippen MR) is 116 cm³/mol. The van der Waals surface area contributed by atoms with E-state index < -0.39 is 0 Å². The minimum Gasteiger partial charge on any atom is -0.371 e. The van der Waals surface area contributed by atoms with Crippen molar-refractivity contribution in [3.8, 4) is 12.8 Å². The van der Waals surface area contributed by atoms with Crippen LogP contribution in [0.25, 0.3) is 0 Å². The first-order valence-electron chi connectivity index (χ1n) is 11.0. The highest BCUT2D eigenvalue weighted by Gasteiger charge is 2.30. The van der Waals surface area contributed by atoms with Gasteiger partial charge in [-0.2, -0.15) is 0 Å². The van der Waals surface area contributed by atoms with Crippen molar-refractivity contribution in [2.24, 2.45) is 17.8 Å². The Bertz CT molecular complexity index is 552. The highest BCUT2D eigenvalue weighted by molar-refractivity contribution is 5.25. The van der Waals surface area contributed by atoms with Gasteiger partial charge in [-0.25, -0.2) is 0 Å². The molecule has 162 valence electrons. The molecule has 4 nitrogen and oxygen atoms in total. The lowest BCUT2D eigenvalue weighted by atomic mass is 9.68. The Morgan fingerprint density at radius 3 is 1.93 bits per heavy atom. The fourth-order valence-corrected chi connectivity index (χ4v) is 4.92. The number of aliphatic hydroxyl groups is 1. The number of hydrogen-bond donors (Lipinski definition) is 1. The van der Waals surface area contributed by atoms with Crippen LogP contribution < -0.4 is 0 Å². The predicted octanol–water partition coefficient (Wildman–Crippen LogP) is 5.45. The van der Waals surface area contributed by atoms with E-state index in [1.807, 2.05) is 0 Å². The van der Waals surface area contributed by atoms with Crippen LogP contribution in [0.5, 0.6) is 0 Å². The number of aliphatic hydroxyl groups excluding tert-OH is 1. The van der Waals surface area contributed by atoms with Crippen molar-refractivity contribution >= 4 is 0 Å². The van der Waals surface area contributed by atoms with Gasteiger partial charge in [-0.1, -0.05) is 44.0 Å². The van der Waals surface area contributed by atoms with Gasteiger partial charge in [-0.15, -0.1) is 12.8 Å². The Labute approximate surface area is 176 Å². The standard InChI is InChI=1S/C23H36O4.C2H2/c1-18-2-6-20(7-3-18)22-10-12-23(13-11-22)21-8-4-19(5-9-21)14-25-16-27-17-26-15-24;1-2/h4-5,8-9,18,20,22-24H,2-3,6-7,10-17H2,1H3;1-2H. The summed E-state index contributed by atoms with van der Waals surface area (Å²) in [5, 5.41) is 8.48. The first kappa shape index (κ1) is 23.9. The van der Waals surface area contributed by atoms with Crippen molar-refractivity contribution in [3.05, 3.63) is 35.4 Å². The van der Waals surface area contributed by atoms with Crippen LogP contribution in [0, 0.1) is 30.6 Å². The average molecular weight is 403 g/mol. The monoisotopic (exact) mass is 402 g/mol. The second kappa shape index (κ2) is 13.8. The normalized spacial score (nSPS) is 27.0. The maximum atomic E-state index is 8.48. The Kier molecular flexibility index (Phi) is 11.3. The molecular formula is C25H38O4. The largest absolute Gasteiger partial charge is 0.371 e. The molecule has 3 rings (SSSR count). The maximum absolute atomic E-state index is 8.48. The summed E-state index contributed by atoms with van der Waals surface area (Å²) in [6.07, 6.45) is 19.4. The van der Waals surface area contributed by atoms with Crippen molar-refractivity contribution < 1.29 is 19.3 Å². The van der Waals surface area contributed by atoms with Crippen molar-refractivity contribution in [1.82, 2.24) is 0 Å². The van der Waals surface area contributed by atoms with E-state index in [2.05, 4.69) is 48.8 Å². The third-order valence-electron chi connectivity index (χ3n) is 6.64. The molecule has 0 radical (unpaired) electrons. The van der Waals surface area contributed by atoms with E-state index in [4.69, 9.17) is 14.6 Å². The van der Waals surface area contributed by atoms with E-state index in [1.54, 1.807) is 0 Å². The zero-order valence-electron chi connectivity index (χ0n) is 17.9. The van der Waals surface area contributed by atoms with Gasteiger partial charge < -0.3 is 19.3 Å². The molecule has 0 amide bonds. The summed E-state index contributed by atoms with van der Waals surface area (Å²) in [5.41, 5.74) is 2.65. The topological polar surface area (TPSA) is 47.9 Å². The summed E-state index contributed by atoms with van der Waals surface area (Å²) in [6.45, 7) is 2.85. The van der Waals surface area contributed by atoms with Gasteiger partial charge in [0.1, 0.15) is 13.6 Å². The van der Waals surface area contributed by atoms with Crippen molar-refractivity contribution in [2.75, 3.05) is 20.4 Å². The van der Waals surface area contributed by atoms with Crippen LogP contribution >= 0.6 is 0 Å². The summed E-state index contributed by atoms with van der Waals surface area (Å²) in [6, 6.07) is 8.91.